The maximum atomic E-state index is 5.47. The van der Waals surface area contributed by atoms with Crippen molar-refractivity contribution in [1.29, 1.82) is 0 Å². The van der Waals surface area contributed by atoms with Crippen LogP contribution in [0.3, 0.4) is 0 Å². The summed E-state index contributed by atoms with van der Waals surface area (Å²) in [5, 5.41) is 0. The lowest BCUT2D eigenvalue weighted by atomic mass is 10.3. The van der Waals surface area contributed by atoms with Gasteiger partial charge in [-0.1, -0.05) is 6.92 Å². The fraction of sp³-hybridized carbons (Fsp3) is 0.727. The van der Waals surface area contributed by atoms with Gasteiger partial charge < -0.3 is 10.6 Å². The zero-order valence-electron chi connectivity index (χ0n) is 9.82. The number of likely N-dealkylation sites (N-methyl/N-ethyl adjacent to an activating group) is 1. The molecule has 0 bridgehead atoms. The van der Waals surface area contributed by atoms with E-state index in [9.17, 15) is 0 Å². The zero-order chi connectivity index (χ0) is 11.1. The van der Waals surface area contributed by atoms with Crippen molar-refractivity contribution in [3.8, 4) is 0 Å². The summed E-state index contributed by atoms with van der Waals surface area (Å²) in [5.41, 5.74) is 6.23. The molecule has 0 aromatic carbocycles. The van der Waals surface area contributed by atoms with Crippen LogP contribution in [0.1, 0.15) is 13.8 Å². The summed E-state index contributed by atoms with van der Waals surface area (Å²) in [5.74, 6) is 0. The second-order valence-electron chi connectivity index (χ2n) is 3.94. The summed E-state index contributed by atoms with van der Waals surface area (Å²) in [7, 11) is 0. The van der Waals surface area contributed by atoms with Crippen LogP contribution in [0, 0.1) is 0 Å². The number of piperazine rings is 1. The van der Waals surface area contributed by atoms with E-state index in [1.807, 2.05) is 13.1 Å². The van der Waals surface area contributed by atoms with E-state index in [0.29, 0.717) is 0 Å². The predicted molar refractivity (Wildman–Crippen MR) is 65.0 cm³/mol. The number of aliphatic imine (C=N–C) groups is 1. The predicted octanol–water partition coefficient (Wildman–Crippen LogP) is 0.515. The van der Waals surface area contributed by atoms with Gasteiger partial charge in [-0.25, -0.2) is 0 Å². The van der Waals surface area contributed by atoms with Crippen LogP contribution in [0.4, 0.5) is 0 Å². The first-order valence-electron chi connectivity index (χ1n) is 5.61. The largest absolute Gasteiger partial charge is 0.401 e. The number of nitrogens with two attached hydrogens (primary N) is 1. The average molecular weight is 210 g/mol. The highest BCUT2D eigenvalue weighted by Gasteiger charge is 2.13. The standard InChI is InChI=1S/C11H22N4/c1-3-14-6-8-15(9-7-14)5-4-13-10-11(2)12/h4,10H,3,5-9,12H2,1-2H3/b11-10-,13-4?. The summed E-state index contributed by atoms with van der Waals surface area (Å²) in [4.78, 5) is 9.02. The number of hydrogen-bond donors (Lipinski definition) is 1. The molecule has 0 aliphatic carbocycles. The molecule has 0 radical (unpaired) electrons. The highest BCUT2D eigenvalue weighted by molar-refractivity contribution is 5.60. The monoisotopic (exact) mass is 210 g/mol. The average Bonchev–Trinajstić information content (AvgIpc) is 2.25. The van der Waals surface area contributed by atoms with Crippen molar-refractivity contribution in [1.82, 2.24) is 9.80 Å². The van der Waals surface area contributed by atoms with Crippen LogP contribution in [0.15, 0.2) is 16.9 Å². The maximum absolute atomic E-state index is 5.47. The molecular weight excluding hydrogens is 188 g/mol. The molecule has 0 spiro atoms. The molecule has 1 saturated heterocycles. The minimum Gasteiger partial charge on any atom is -0.401 e. The molecule has 1 rings (SSSR count). The summed E-state index contributed by atoms with van der Waals surface area (Å²) in [6.45, 7) is 10.8. The Bertz CT molecular complexity index is 223. The van der Waals surface area contributed by atoms with Gasteiger partial charge in [-0.3, -0.25) is 9.89 Å². The molecule has 1 fully saturated rings. The van der Waals surface area contributed by atoms with Gasteiger partial charge in [-0.15, -0.1) is 0 Å². The Hall–Kier alpha value is -0.870. The van der Waals surface area contributed by atoms with Crippen LogP contribution < -0.4 is 5.73 Å². The number of allylic oxidation sites excluding steroid dienone is 1. The third-order valence-electron chi connectivity index (χ3n) is 2.64. The van der Waals surface area contributed by atoms with E-state index in [2.05, 4.69) is 21.7 Å². The van der Waals surface area contributed by atoms with E-state index in [1.165, 1.54) is 13.1 Å². The highest BCUT2D eigenvalue weighted by atomic mass is 15.3. The Morgan fingerprint density at radius 1 is 1.27 bits per heavy atom. The van der Waals surface area contributed by atoms with E-state index in [4.69, 9.17) is 5.73 Å². The van der Waals surface area contributed by atoms with Crippen molar-refractivity contribution in [2.45, 2.75) is 13.8 Å². The fourth-order valence-electron chi connectivity index (χ4n) is 1.62. The highest BCUT2D eigenvalue weighted by Crippen LogP contribution is 1.99. The topological polar surface area (TPSA) is 44.9 Å². The molecule has 1 aliphatic heterocycles. The minimum absolute atomic E-state index is 0.752. The van der Waals surface area contributed by atoms with Crippen molar-refractivity contribution in [3.63, 3.8) is 0 Å². The molecule has 2 N–H and O–H groups in total. The Kier molecular flexibility index (Phi) is 5.36. The fourth-order valence-corrected chi connectivity index (χ4v) is 1.62. The molecular formula is C11H22N4. The van der Waals surface area contributed by atoms with Crippen molar-refractivity contribution in [3.05, 3.63) is 11.9 Å². The number of nitrogens with zero attached hydrogens (tertiary/aromatic N) is 3. The van der Waals surface area contributed by atoms with Crippen molar-refractivity contribution in [2.24, 2.45) is 10.7 Å². The van der Waals surface area contributed by atoms with Gasteiger partial charge in [0.25, 0.3) is 0 Å². The molecule has 86 valence electrons. The zero-order valence-corrected chi connectivity index (χ0v) is 9.82. The Labute approximate surface area is 92.4 Å². The quantitative estimate of drug-likeness (QED) is 0.688. The van der Waals surface area contributed by atoms with Crippen molar-refractivity contribution >= 4 is 6.21 Å². The van der Waals surface area contributed by atoms with Gasteiger partial charge in [0.05, 0.1) is 0 Å². The molecule has 4 nitrogen and oxygen atoms in total. The molecule has 4 heteroatoms. The second-order valence-corrected chi connectivity index (χ2v) is 3.94. The molecule has 0 amide bonds. The minimum atomic E-state index is 0.752. The van der Waals surface area contributed by atoms with Crippen LogP contribution >= 0.6 is 0 Å². The summed E-state index contributed by atoms with van der Waals surface area (Å²) in [6, 6.07) is 0. The van der Waals surface area contributed by atoms with Gasteiger partial charge in [-0.2, -0.15) is 0 Å². The van der Waals surface area contributed by atoms with Crippen molar-refractivity contribution in [2.75, 3.05) is 39.3 Å². The summed E-state index contributed by atoms with van der Waals surface area (Å²) in [6.07, 6.45) is 3.63. The first-order valence-corrected chi connectivity index (χ1v) is 5.61. The van der Waals surface area contributed by atoms with Gasteiger partial charge in [-0.05, 0) is 13.5 Å². The van der Waals surface area contributed by atoms with Crippen LogP contribution in [0.2, 0.25) is 0 Å². The van der Waals surface area contributed by atoms with E-state index < -0.39 is 0 Å². The molecule has 0 aromatic heterocycles. The van der Waals surface area contributed by atoms with Crippen molar-refractivity contribution < 1.29 is 0 Å². The Morgan fingerprint density at radius 2 is 1.87 bits per heavy atom. The van der Waals surface area contributed by atoms with Crippen LogP contribution in [-0.2, 0) is 0 Å². The lowest BCUT2D eigenvalue weighted by Gasteiger charge is -2.33. The van der Waals surface area contributed by atoms with E-state index in [1.54, 1.807) is 6.20 Å². The lowest BCUT2D eigenvalue weighted by molar-refractivity contribution is 0.152. The summed E-state index contributed by atoms with van der Waals surface area (Å²) >= 11 is 0. The normalized spacial score (nSPS) is 21.3. The van der Waals surface area contributed by atoms with Crippen LogP contribution in [0.5, 0.6) is 0 Å². The second kappa shape index (κ2) is 6.58. The van der Waals surface area contributed by atoms with Gasteiger partial charge in [0.2, 0.25) is 0 Å². The third kappa shape index (κ3) is 4.95. The van der Waals surface area contributed by atoms with Crippen LogP contribution in [0.25, 0.3) is 0 Å². The molecule has 1 aliphatic rings. The molecule has 0 unspecified atom stereocenters. The van der Waals surface area contributed by atoms with Gasteiger partial charge in [0, 0.05) is 50.8 Å². The number of rotatable bonds is 4. The Morgan fingerprint density at radius 3 is 2.40 bits per heavy atom. The first-order chi connectivity index (χ1) is 7.22. The van der Waals surface area contributed by atoms with Gasteiger partial charge in [0.15, 0.2) is 0 Å². The smallest absolute Gasteiger partial charge is 0.0449 e. The van der Waals surface area contributed by atoms with Gasteiger partial charge in [0.1, 0.15) is 0 Å². The van der Waals surface area contributed by atoms with Gasteiger partial charge >= 0.3 is 0 Å². The molecule has 15 heavy (non-hydrogen) atoms. The summed E-state index contributed by atoms with van der Waals surface area (Å²) < 4.78 is 0. The van der Waals surface area contributed by atoms with E-state index in [0.717, 1.165) is 31.9 Å². The Balaban J connectivity index is 2.19. The van der Waals surface area contributed by atoms with E-state index >= 15 is 0 Å². The lowest BCUT2D eigenvalue weighted by Crippen LogP contribution is -2.46. The third-order valence-corrected chi connectivity index (χ3v) is 2.64. The molecule has 0 saturated carbocycles. The maximum Gasteiger partial charge on any atom is 0.0449 e. The molecule has 0 aromatic rings. The van der Waals surface area contributed by atoms with Crippen LogP contribution in [-0.4, -0.2) is 55.3 Å². The SMILES string of the molecule is CCN1CCN(CC=N/C=C(/C)N)CC1. The first kappa shape index (κ1) is 12.2. The molecule has 1 heterocycles. The van der Waals surface area contributed by atoms with E-state index in [-0.39, 0.29) is 0 Å². The number of hydrogen-bond acceptors (Lipinski definition) is 4. The molecule has 0 atom stereocenters.